The van der Waals surface area contributed by atoms with E-state index in [1.807, 2.05) is 0 Å². The zero-order valence-corrected chi connectivity index (χ0v) is 14.5. The van der Waals surface area contributed by atoms with E-state index >= 15 is 0 Å². The number of hydrogen-bond acceptors (Lipinski definition) is 5. The molecule has 0 aliphatic rings. The maximum atomic E-state index is 14.0. The summed E-state index contributed by atoms with van der Waals surface area (Å²) in [5.74, 6) is -0.998. The number of hydrogen-bond donors (Lipinski definition) is 1. The van der Waals surface area contributed by atoms with Crippen LogP contribution in [0.2, 0.25) is 10.0 Å². The molecule has 0 aliphatic heterocycles. The van der Waals surface area contributed by atoms with Gasteiger partial charge in [-0.1, -0.05) is 23.2 Å². The Kier molecular flexibility index (Phi) is 5.47. The Hall–Kier alpha value is -2.66. The topological polar surface area (TPSA) is 98.3 Å². The average Bonchev–Trinajstić information content (AvgIpc) is 2.55. The van der Waals surface area contributed by atoms with Gasteiger partial charge in [0, 0.05) is 11.6 Å². The van der Waals surface area contributed by atoms with Crippen LogP contribution in [-0.2, 0) is 6.18 Å². The van der Waals surface area contributed by atoms with Crippen molar-refractivity contribution in [2.45, 2.75) is 13.1 Å². The van der Waals surface area contributed by atoms with Crippen molar-refractivity contribution in [3.8, 4) is 0 Å². The molecule has 0 radical (unpaired) electrons. The normalized spacial score (nSPS) is 11.4. The minimum atomic E-state index is -5.19. The van der Waals surface area contributed by atoms with Crippen molar-refractivity contribution >= 4 is 46.0 Å². The predicted octanol–water partition coefficient (Wildman–Crippen LogP) is 6.02. The zero-order chi connectivity index (χ0) is 20.7. The van der Waals surface area contributed by atoms with E-state index in [1.165, 1.54) is 0 Å². The number of nitro groups is 2. The standard InChI is InChI=1S/C14H7Cl2F4N3O4/c1-5-11(17)8(15)4-9(16)12(5)21-13-7(14(18,19)20)2-6(22(24)25)3-10(13)23(26)27/h2-4,21H,1H3. The van der Waals surface area contributed by atoms with Gasteiger partial charge in [0.1, 0.15) is 11.5 Å². The minimum absolute atomic E-state index is 0.130. The summed E-state index contributed by atoms with van der Waals surface area (Å²) in [4.78, 5) is 19.6. The first-order chi connectivity index (χ1) is 12.3. The molecule has 0 fully saturated rings. The number of benzene rings is 2. The molecule has 144 valence electrons. The third kappa shape index (κ3) is 4.03. The molecule has 0 heterocycles. The van der Waals surface area contributed by atoms with Crippen molar-refractivity contribution in [2.24, 2.45) is 0 Å². The number of halogens is 6. The first-order valence-electron chi connectivity index (χ1n) is 6.79. The SMILES string of the molecule is Cc1c(F)c(Cl)cc(Cl)c1Nc1c([N+](=O)[O-])cc([N+](=O)[O-])cc1C(F)(F)F. The second-order valence-corrected chi connectivity index (χ2v) is 5.99. The molecule has 0 saturated heterocycles. The number of anilines is 2. The Bertz CT molecular complexity index is 967. The van der Waals surface area contributed by atoms with Crippen LogP contribution in [0.3, 0.4) is 0 Å². The van der Waals surface area contributed by atoms with E-state index in [0.29, 0.717) is 6.07 Å². The molecule has 0 aliphatic carbocycles. The van der Waals surface area contributed by atoms with Gasteiger partial charge in [-0.15, -0.1) is 0 Å². The summed E-state index contributed by atoms with van der Waals surface area (Å²) in [5.41, 5.74) is -5.87. The summed E-state index contributed by atoms with van der Waals surface area (Å²) in [7, 11) is 0. The van der Waals surface area contributed by atoms with Gasteiger partial charge in [-0.2, -0.15) is 13.2 Å². The van der Waals surface area contributed by atoms with Gasteiger partial charge in [0.05, 0.1) is 37.2 Å². The Morgan fingerprint density at radius 1 is 1.00 bits per heavy atom. The second-order valence-electron chi connectivity index (χ2n) is 5.18. The average molecular weight is 428 g/mol. The number of nitro benzene ring substituents is 2. The summed E-state index contributed by atoms with van der Waals surface area (Å²) < 4.78 is 54.1. The molecule has 2 rings (SSSR count). The fourth-order valence-electron chi connectivity index (χ4n) is 2.21. The van der Waals surface area contributed by atoms with Crippen molar-refractivity contribution < 1.29 is 27.4 Å². The van der Waals surface area contributed by atoms with Crippen LogP contribution in [0.25, 0.3) is 0 Å². The van der Waals surface area contributed by atoms with Crippen molar-refractivity contribution in [1.29, 1.82) is 0 Å². The Labute approximate surface area is 157 Å². The van der Waals surface area contributed by atoms with Crippen LogP contribution >= 0.6 is 23.2 Å². The van der Waals surface area contributed by atoms with Crippen LogP contribution in [0.5, 0.6) is 0 Å². The number of nitrogens with one attached hydrogen (secondary N) is 1. The molecule has 0 bridgehead atoms. The van der Waals surface area contributed by atoms with Gasteiger partial charge in [0.25, 0.3) is 11.4 Å². The van der Waals surface area contributed by atoms with Crippen LogP contribution in [0.1, 0.15) is 11.1 Å². The smallest absolute Gasteiger partial charge is 0.348 e. The fraction of sp³-hybridized carbons (Fsp3) is 0.143. The molecule has 13 heteroatoms. The van der Waals surface area contributed by atoms with E-state index in [-0.39, 0.29) is 16.7 Å². The van der Waals surface area contributed by atoms with Gasteiger partial charge < -0.3 is 5.32 Å². The second kappa shape index (κ2) is 7.16. The van der Waals surface area contributed by atoms with Gasteiger partial charge in [0.2, 0.25) is 0 Å². The minimum Gasteiger partial charge on any atom is -0.348 e. The molecule has 0 amide bonds. The molecular weight excluding hydrogens is 421 g/mol. The summed E-state index contributed by atoms with van der Waals surface area (Å²) in [5, 5.41) is 23.4. The maximum Gasteiger partial charge on any atom is 0.418 e. The molecule has 2 aromatic carbocycles. The number of rotatable bonds is 4. The maximum absolute atomic E-state index is 14.0. The third-order valence-electron chi connectivity index (χ3n) is 3.47. The van der Waals surface area contributed by atoms with Crippen LogP contribution in [-0.4, -0.2) is 9.85 Å². The third-order valence-corrected chi connectivity index (χ3v) is 4.04. The van der Waals surface area contributed by atoms with E-state index < -0.39 is 55.2 Å². The molecule has 7 nitrogen and oxygen atoms in total. The summed E-state index contributed by atoms with van der Waals surface area (Å²) >= 11 is 11.4. The van der Waals surface area contributed by atoms with E-state index in [4.69, 9.17) is 23.2 Å². The Balaban J connectivity index is 2.82. The Morgan fingerprint density at radius 2 is 1.59 bits per heavy atom. The van der Waals surface area contributed by atoms with Gasteiger partial charge in [0.15, 0.2) is 0 Å². The predicted molar refractivity (Wildman–Crippen MR) is 89.2 cm³/mol. The molecule has 0 aromatic heterocycles. The number of non-ortho nitro benzene ring substituents is 1. The highest BCUT2D eigenvalue weighted by Crippen LogP contribution is 2.45. The molecule has 0 unspecified atom stereocenters. The molecule has 27 heavy (non-hydrogen) atoms. The van der Waals surface area contributed by atoms with Crippen molar-refractivity contribution in [2.75, 3.05) is 5.32 Å². The first kappa shape index (κ1) is 20.6. The summed E-state index contributed by atoms with van der Waals surface area (Å²) in [6, 6.07) is 1.39. The molecule has 0 saturated carbocycles. The molecule has 2 aromatic rings. The fourth-order valence-corrected chi connectivity index (χ4v) is 2.81. The van der Waals surface area contributed by atoms with E-state index in [0.717, 1.165) is 13.0 Å². The summed E-state index contributed by atoms with van der Waals surface area (Å²) in [6.07, 6.45) is -5.19. The molecule has 0 spiro atoms. The first-order valence-corrected chi connectivity index (χ1v) is 7.55. The van der Waals surface area contributed by atoms with Crippen molar-refractivity contribution in [1.82, 2.24) is 0 Å². The van der Waals surface area contributed by atoms with Crippen LogP contribution in [0.4, 0.5) is 40.3 Å². The number of alkyl halides is 3. The van der Waals surface area contributed by atoms with E-state index in [2.05, 4.69) is 5.32 Å². The lowest BCUT2D eigenvalue weighted by molar-refractivity contribution is -0.394. The van der Waals surface area contributed by atoms with E-state index in [9.17, 15) is 37.8 Å². The van der Waals surface area contributed by atoms with Gasteiger partial charge in [-0.05, 0) is 13.0 Å². The zero-order valence-electron chi connectivity index (χ0n) is 13.0. The lowest BCUT2D eigenvalue weighted by Gasteiger charge is -2.17. The van der Waals surface area contributed by atoms with Crippen LogP contribution in [0.15, 0.2) is 18.2 Å². The lowest BCUT2D eigenvalue weighted by Crippen LogP contribution is -2.12. The molecule has 0 atom stereocenters. The van der Waals surface area contributed by atoms with Crippen molar-refractivity contribution in [3.05, 3.63) is 65.4 Å². The Morgan fingerprint density at radius 3 is 2.07 bits per heavy atom. The molecule has 1 N–H and O–H groups in total. The van der Waals surface area contributed by atoms with E-state index in [1.54, 1.807) is 0 Å². The molecular formula is C14H7Cl2F4N3O4. The van der Waals surface area contributed by atoms with Crippen LogP contribution in [0, 0.1) is 33.0 Å². The van der Waals surface area contributed by atoms with Gasteiger partial charge in [-0.3, -0.25) is 20.2 Å². The van der Waals surface area contributed by atoms with Crippen molar-refractivity contribution in [3.63, 3.8) is 0 Å². The quantitative estimate of drug-likeness (QED) is 0.278. The summed E-state index contributed by atoms with van der Waals surface area (Å²) in [6.45, 7) is 1.14. The van der Waals surface area contributed by atoms with Crippen LogP contribution < -0.4 is 5.32 Å². The highest BCUT2D eigenvalue weighted by molar-refractivity contribution is 6.36. The lowest BCUT2D eigenvalue weighted by atomic mass is 10.1. The monoisotopic (exact) mass is 427 g/mol. The highest BCUT2D eigenvalue weighted by atomic mass is 35.5. The van der Waals surface area contributed by atoms with Gasteiger partial charge >= 0.3 is 6.18 Å². The number of nitrogens with zero attached hydrogens (tertiary/aromatic N) is 2. The van der Waals surface area contributed by atoms with Gasteiger partial charge in [-0.25, -0.2) is 4.39 Å². The highest BCUT2D eigenvalue weighted by Gasteiger charge is 2.40. The largest absolute Gasteiger partial charge is 0.418 e.